The van der Waals surface area contributed by atoms with Crippen molar-refractivity contribution in [1.82, 2.24) is 15.1 Å². The van der Waals surface area contributed by atoms with Crippen molar-refractivity contribution in [1.29, 1.82) is 0 Å². The first-order valence-corrected chi connectivity index (χ1v) is 9.60. The molecule has 1 saturated heterocycles. The summed E-state index contributed by atoms with van der Waals surface area (Å²) in [7, 11) is 0. The molecular formula is C20H27N3O4. The van der Waals surface area contributed by atoms with E-state index < -0.39 is 5.60 Å². The van der Waals surface area contributed by atoms with Crippen molar-refractivity contribution in [2.45, 2.75) is 38.7 Å². The third kappa shape index (κ3) is 4.07. The fourth-order valence-electron chi connectivity index (χ4n) is 3.72. The van der Waals surface area contributed by atoms with Gasteiger partial charge in [-0.05, 0) is 32.4 Å². The van der Waals surface area contributed by atoms with E-state index in [1.807, 2.05) is 19.9 Å². The van der Waals surface area contributed by atoms with Gasteiger partial charge in [-0.3, -0.25) is 14.4 Å². The normalized spacial score (nSPS) is 22.4. The lowest BCUT2D eigenvalue weighted by Crippen LogP contribution is -2.46. The molecule has 1 aromatic carbocycles. The predicted molar refractivity (Wildman–Crippen MR) is 100 cm³/mol. The largest absolute Gasteiger partial charge is 0.485 e. The van der Waals surface area contributed by atoms with Crippen molar-refractivity contribution in [2.75, 3.05) is 32.7 Å². The van der Waals surface area contributed by atoms with Crippen LogP contribution in [0.25, 0.3) is 0 Å². The number of hydrogen-bond donors (Lipinski definition) is 1. The Labute approximate surface area is 159 Å². The van der Waals surface area contributed by atoms with Gasteiger partial charge in [0.1, 0.15) is 11.4 Å². The van der Waals surface area contributed by atoms with E-state index >= 15 is 0 Å². The van der Waals surface area contributed by atoms with Crippen LogP contribution in [0, 0.1) is 0 Å². The molecule has 0 saturated carbocycles. The van der Waals surface area contributed by atoms with Gasteiger partial charge < -0.3 is 19.9 Å². The van der Waals surface area contributed by atoms with Crippen LogP contribution >= 0.6 is 0 Å². The van der Waals surface area contributed by atoms with Gasteiger partial charge in [0.25, 0.3) is 5.91 Å². The van der Waals surface area contributed by atoms with E-state index in [1.165, 1.54) is 0 Å². The van der Waals surface area contributed by atoms with Crippen molar-refractivity contribution in [2.24, 2.45) is 0 Å². The van der Waals surface area contributed by atoms with Gasteiger partial charge in [-0.25, -0.2) is 0 Å². The van der Waals surface area contributed by atoms with E-state index in [2.05, 4.69) is 5.32 Å². The molecule has 7 heteroatoms. The molecule has 27 heavy (non-hydrogen) atoms. The molecule has 1 N–H and O–H groups in total. The molecule has 1 spiro atoms. The summed E-state index contributed by atoms with van der Waals surface area (Å²) in [6, 6.07) is 7.16. The highest BCUT2D eigenvalue weighted by atomic mass is 16.5. The van der Waals surface area contributed by atoms with E-state index in [0.29, 0.717) is 56.8 Å². The molecule has 1 unspecified atom stereocenters. The van der Waals surface area contributed by atoms with Crippen LogP contribution < -0.4 is 10.1 Å². The molecule has 3 rings (SSSR count). The molecule has 3 amide bonds. The molecule has 1 aromatic rings. The summed E-state index contributed by atoms with van der Waals surface area (Å²) in [6.07, 6.45) is 1.37. The maximum atomic E-state index is 12.6. The number of para-hydroxylation sites is 1. The highest BCUT2D eigenvalue weighted by Crippen LogP contribution is 2.33. The van der Waals surface area contributed by atoms with Crippen molar-refractivity contribution in [3.05, 3.63) is 29.8 Å². The summed E-state index contributed by atoms with van der Waals surface area (Å²) in [4.78, 5) is 40.7. The first-order chi connectivity index (χ1) is 13.0. The molecule has 2 heterocycles. The maximum absolute atomic E-state index is 12.6. The minimum atomic E-state index is -0.634. The first kappa shape index (κ1) is 19.2. The highest BCUT2D eigenvalue weighted by Gasteiger charge is 2.40. The quantitative estimate of drug-likeness (QED) is 0.866. The maximum Gasteiger partial charge on any atom is 0.255 e. The zero-order valence-corrected chi connectivity index (χ0v) is 16.0. The number of carbonyl (C=O) groups excluding carboxylic acids is 3. The second-order valence-corrected chi connectivity index (χ2v) is 7.10. The molecule has 1 atom stereocenters. The van der Waals surface area contributed by atoms with Gasteiger partial charge in [0.2, 0.25) is 11.8 Å². The number of hydrogen-bond acceptors (Lipinski definition) is 4. The molecule has 2 aliphatic rings. The Kier molecular flexibility index (Phi) is 5.68. The van der Waals surface area contributed by atoms with Crippen LogP contribution in [0.3, 0.4) is 0 Å². The summed E-state index contributed by atoms with van der Waals surface area (Å²) in [5.74, 6) is 0.309. The Morgan fingerprint density at radius 2 is 1.96 bits per heavy atom. The van der Waals surface area contributed by atoms with Crippen molar-refractivity contribution in [3.63, 3.8) is 0 Å². The Hall–Kier alpha value is -2.57. The molecule has 146 valence electrons. The summed E-state index contributed by atoms with van der Waals surface area (Å²) < 4.78 is 6.27. The van der Waals surface area contributed by atoms with Gasteiger partial charge in [-0.1, -0.05) is 12.1 Å². The predicted octanol–water partition coefficient (Wildman–Crippen LogP) is 1.43. The van der Waals surface area contributed by atoms with E-state index in [1.54, 1.807) is 28.0 Å². The lowest BCUT2D eigenvalue weighted by atomic mass is 9.94. The number of nitrogens with one attached hydrogen (secondary N) is 1. The van der Waals surface area contributed by atoms with Crippen LogP contribution in [-0.4, -0.2) is 65.8 Å². The van der Waals surface area contributed by atoms with E-state index in [0.717, 1.165) is 0 Å². The number of nitrogens with zero attached hydrogens (tertiary/aromatic N) is 2. The van der Waals surface area contributed by atoms with Gasteiger partial charge in [-0.2, -0.15) is 0 Å². The standard InChI is InChI=1S/C20H27N3O4/c1-3-22(4-2)18(25)13-23-12-11-20(10-9-17(23)24)14-21-19(26)15-7-5-6-8-16(15)27-20/h5-8H,3-4,9-14H2,1-2H3,(H,21,26). The highest BCUT2D eigenvalue weighted by molar-refractivity contribution is 5.97. The molecular weight excluding hydrogens is 346 g/mol. The van der Waals surface area contributed by atoms with E-state index in [4.69, 9.17) is 4.74 Å². The molecule has 7 nitrogen and oxygen atoms in total. The number of carbonyl (C=O) groups is 3. The Balaban J connectivity index is 1.74. The summed E-state index contributed by atoms with van der Waals surface area (Å²) >= 11 is 0. The smallest absolute Gasteiger partial charge is 0.255 e. The van der Waals surface area contributed by atoms with Gasteiger partial charge in [0, 0.05) is 32.5 Å². The fraction of sp³-hybridized carbons (Fsp3) is 0.550. The zero-order valence-electron chi connectivity index (χ0n) is 16.0. The third-order valence-electron chi connectivity index (χ3n) is 5.46. The van der Waals surface area contributed by atoms with E-state index in [-0.39, 0.29) is 24.3 Å². The molecule has 2 aliphatic heterocycles. The monoisotopic (exact) mass is 373 g/mol. The lowest BCUT2D eigenvalue weighted by Gasteiger charge is -2.32. The number of ether oxygens (including phenoxy) is 1. The molecule has 0 radical (unpaired) electrons. The summed E-state index contributed by atoms with van der Waals surface area (Å²) in [5, 5.41) is 2.93. The van der Waals surface area contributed by atoms with Gasteiger partial charge in [0.05, 0.1) is 18.7 Å². The number of benzene rings is 1. The molecule has 0 bridgehead atoms. The Bertz CT molecular complexity index is 732. The van der Waals surface area contributed by atoms with E-state index in [9.17, 15) is 14.4 Å². The average Bonchev–Trinajstić information content (AvgIpc) is 2.91. The van der Waals surface area contributed by atoms with Crippen LogP contribution in [0.15, 0.2) is 24.3 Å². The molecule has 1 fully saturated rings. The second-order valence-electron chi connectivity index (χ2n) is 7.10. The van der Waals surface area contributed by atoms with Crippen LogP contribution in [0.4, 0.5) is 0 Å². The number of amides is 3. The third-order valence-corrected chi connectivity index (χ3v) is 5.46. The minimum Gasteiger partial charge on any atom is -0.485 e. The number of likely N-dealkylation sites (N-methyl/N-ethyl adjacent to an activating group) is 1. The number of rotatable bonds is 4. The van der Waals surface area contributed by atoms with Crippen LogP contribution in [0.1, 0.15) is 43.5 Å². The van der Waals surface area contributed by atoms with Crippen molar-refractivity contribution >= 4 is 17.7 Å². The summed E-state index contributed by atoms with van der Waals surface area (Å²) in [6.45, 7) is 6.01. The average molecular weight is 373 g/mol. The molecule has 0 aliphatic carbocycles. The lowest BCUT2D eigenvalue weighted by molar-refractivity contribution is -0.140. The second kappa shape index (κ2) is 7.98. The number of likely N-dealkylation sites (tertiary alicyclic amines) is 1. The minimum absolute atomic E-state index is 0.0373. The van der Waals surface area contributed by atoms with Crippen molar-refractivity contribution < 1.29 is 19.1 Å². The SMILES string of the molecule is CCN(CC)C(=O)CN1CCC2(CCC1=O)CNC(=O)c1ccccc1O2. The van der Waals surface area contributed by atoms with Gasteiger partial charge >= 0.3 is 0 Å². The van der Waals surface area contributed by atoms with Crippen LogP contribution in [0.2, 0.25) is 0 Å². The Morgan fingerprint density at radius 1 is 1.22 bits per heavy atom. The first-order valence-electron chi connectivity index (χ1n) is 9.60. The van der Waals surface area contributed by atoms with Crippen molar-refractivity contribution in [3.8, 4) is 5.75 Å². The molecule has 0 aromatic heterocycles. The van der Waals surface area contributed by atoms with Crippen LogP contribution in [-0.2, 0) is 9.59 Å². The van der Waals surface area contributed by atoms with Crippen LogP contribution in [0.5, 0.6) is 5.75 Å². The van der Waals surface area contributed by atoms with Gasteiger partial charge in [0.15, 0.2) is 0 Å². The fourth-order valence-corrected chi connectivity index (χ4v) is 3.72. The topological polar surface area (TPSA) is 79.0 Å². The number of fused-ring (bicyclic) bond motifs is 1. The zero-order chi connectivity index (χ0) is 19.4. The summed E-state index contributed by atoms with van der Waals surface area (Å²) in [5.41, 5.74) is -0.121. The Morgan fingerprint density at radius 3 is 2.70 bits per heavy atom. The van der Waals surface area contributed by atoms with Gasteiger partial charge in [-0.15, -0.1) is 0 Å².